The van der Waals surface area contributed by atoms with Gasteiger partial charge in [-0.15, -0.1) is 0 Å². The summed E-state index contributed by atoms with van der Waals surface area (Å²) in [4.78, 5) is 8.57. The molecular formula is C14H18FN5. The van der Waals surface area contributed by atoms with E-state index in [-0.39, 0.29) is 5.82 Å². The Bertz CT molecular complexity index is 551. The molecule has 0 fully saturated rings. The molecule has 106 valence electrons. The fraction of sp³-hybridized carbons (Fsp3) is 0.286. The molecule has 1 aromatic heterocycles. The van der Waals surface area contributed by atoms with Crippen LogP contribution in [0.4, 0.5) is 16.0 Å². The van der Waals surface area contributed by atoms with Crippen molar-refractivity contribution >= 4 is 11.6 Å². The van der Waals surface area contributed by atoms with Crippen LogP contribution in [0.25, 0.3) is 0 Å². The summed E-state index contributed by atoms with van der Waals surface area (Å²) in [6.07, 6.45) is 1.45. The molecule has 0 saturated carbocycles. The van der Waals surface area contributed by atoms with Crippen molar-refractivity contribution in [1.82, 2.24) is 9.97 Å². The highest BCUT2D eigenvalue weighted by Crippen LogP contribution is 2.11. The van der Waals surface area contributed by atoms with Gasteiger partial charge in [-0.05, 0) is 24.1 Å². The van der Waals surface area contributed by atoms with Crippen LogP contribution in [0.1, 0.15) is 18.3 Å². The van der Waals surface area contributed by atoms with Crippen molar-refractivity contribution in [3.05, 3.63) is 47.5 Å². The number of halogens is 1. The summed E-state index contributed by atoms with van der Waals surface area (Å²) in [5.41, 5.74) is 3.46. The molecule has 5 nitrogen and oxygen atoms in total. The fourth-order valence-electron chi connectivity index (χ4n) is 1.85. The third-order valence-corrected chi connectivity index (χ3v) is 2.85. The second kappa shape index (κ2) is 6.81. The van der Waals surface area contributed by atoms with Crippen molar-refractivity contribution in [2.75, 3.05) is 17.3 Å². The summed E-state index contributed by atoms with van der Waals surface area (Å²) in [6, 6.07) is 8.32. The molecule has 0 saturated heterocycles. The quantitative estimate of drug-likeness (QED) is 0.556. The number of nitrogens with two attached hydrogens (primary N) is 1. The van der Waals surface area contributed by atoms with E-state index in [1.807, 2.05) is 13.0 Å². The van der Waals surface area contributed by atoms with Gasteiger partial charge in [0.05, 0.1) is 0 Å². The van der Waals surface area contributed by atoms with Crippen LogP contribution in [0.5, 0.6) is 0 Å². The van der Waals surface area contributed by atoms with E-state index in [2.05, 4.69) is 20.7 Å². The first kappa shape index (κ1) is 14.2. The van der Waals surface area contributed by atoms with E-state index in [0.29, 0.717) is 30.4 Å². The normalized spacial score (nSPS) is 10.3. The van der Waals surface area contributed by atoms with E-state index in [1.165, 1.54) is 12.1 Å². The average Bonchev–Trinajstić information content (AvgIpc) is 2.47. The van der Waals surface area contributed by atoms with Gasteiger partial charge in [0.15, 0.2) is 0 Å². The Morgan fingerprint density at radius 3 is 2.70 bits per heavy atom. The van der Waals surface area contributed by atoms with Gasteiger partial charge in [-0.1, -0.05) is 19.1 Å². The van der Waals surface area contributed by atoms with Crippen LogP contribution in [0.2, 0.25) is 0 Å². The van der Waals surface area contributed by atoms with Crippen molar-refractivity contribution in [3.63, 3.8) is 0 Å². The number of aromatic nitrogens is 2. The maximum absolute atomic E-state index is 13.1. The highest BCUT2D eigenvalue weighted by Gasteiger charge is 2.02. The lowest BCUT2D eigenvalue weighted by Gasteiger charge is -2.09. The number of aryl methyl sites for hydroxylation is 1. The lowest BCUT2D eigenvalue weighted by molar-refractivity contribution is 0.625. The lowest BCUT2D eigenvalue weighted by atomic mass is 10.1. The minimum atomic E-state index is -0.215. The van der Waals surface area contributed by atoms with Gasteiger partial charge in [0, 0.05) is 19.0 Å². The van der Waals surface area contributed by atoms with Crippen molar-refractivity contribution in [2.45, 2.75) is 19.8 Å². The van der Waals surface area contributed by atoms with Crippen molar-refractivity contribution in [1.29, 1.82) is 0 Å². The third-order valence-electron chi connectivity index (χ3n) is 2.85. The Morgan fingerprint density at radius 2 is 2.00 bits per heavy atom. The Hall–Kier alpha value is -2.21. The highest BCUT2D eigenvalue weighted by atomic mass is 19.1. The van der Waals surface area contributed by atoms with Gasteiger partial charge in [0.1, 0.15) is 23.3 Å². The Labute approximate surface area is 117 Å². The van der Waals surface area contributed by atoms with Crippen LogP contribution in [-0.2, 0) is 12.8 Å². The standard InChI is InChI=1S/C14H18FN5/c1-2-12-18-13(9-14(19-12)20-16)17-7-6-10-4-3-5-11(15)8-10/h3-5,8-9H,2,6-7,16H2,1H3,(H2,17,18,19,20). The van der Waals surface area contributed by atoms with E-state index < -0.39 is 0 Å². The van der Waals surface area contributed by atoms with Crippen LogP contribution in [0.15, 0.2) is 30.3 Å². The summed E-state index contributed by atoms with van der Waals surface area (Å²) in [5, 5.41) is 3.19. The highest BCUT2D eigenvalue weighted by molar-refractivity contribution is 5.46. The zero-order chi connectivity index (χ0) is 14.4. The molecule has 0 radical (unpaired) electrons. The van der Waals surface area contributed by atoms with Gasteiger partial charge in [-0.3, -0.25) is 0 Å². The molecule has 0 bridgehead atoms. The second-order valence-corrected chi connectivity index (χ2v) is 4.36. The number of nitrogen functional groups attached to an aromatic ring is 1. The molecule has 6 heteroatoms. The van der Waals surface area contributed by atoms with Crippen LogP contribution >= 0.6 is 0 Å². The van der Waals surface area contributed by atoms with E-state index in [4.69, 9.17) is 5.84 Å². The molecule has 4 N–H and O–H groups in total. The average molecular weight is 275 g/mol. The predicted molar refractivity (Wildman–Crippen MR) is 77.8 cm³/mol. The first-order valence-corrected chi connectivity index (χ1v) is 6.54. The number of nitrogens with one attached hydrogen (secondary N) is 2. The molecule has 2 aromatic rings. The van der Waals surface area contributed by atoms with Crippen LogP contribution in [-0.4, -0.2) is 16.5 Å². The van der Waals surface area contributed by atoms with Crippen molar-refractivity contribution in [3.8, 4) is 0 Å². The van der Waals surface area contributed by atoms with E-state index in [1.54, 1.807) is 12.1 Å². The number of benzene rings is 1. The molecule has 2 rings (SSSR count). The number of hydrazine groups is 1. The van der Waals surface area contributed by atoms with Crippen LogP contribution in [0, 0.1) is 5.82 Å². The predicted octanol–water partition coefficient (Wildman–Crippen LogP) is 2.12. The summed E-state index contributed by atoms with van der Waals surface area (Å²) in [5.74, 6) is 7.15. The number of rotatable bonds is 6. The summed E-state index contributed by atoms with van der Waals surface area (Å²) in [7, 11) is 0. The molecule has 0 atom stereocenters. The minimum Gasteiger partial charge on any atom is -0.370 e. The minimum absolute atomic E-state index is 0.215. The molecule has 1 aromatic carbocycles. The Balaban J connectivity index is 1.96. The SMILES string of the molecule is CCc1nc(NN)cc(NCCc2cccc(F)c2)n1. The molecule has 0 aliphatic heterocycles. The monoisotopic (exact) mass is 275 g/mol. The lowest BCUT2D eigenvalue weighted by Crippen LogP contribution is -2.13. The Morgan fingerprint density at radius 1 is 1.20 bits per heavy atom. The second-order valence-electron chi connectivity index (χ2n) is 4.36. The van der Waals surface area contributed by atoms with E-state index in [9.17, 15) is 4.39 Å². The Kier molecular flexibility index (Phi) is 4.84. The molecule has 0 spiro atoms. The maximum atomic E-state index is 13.1. The van der Waals surface area contributed by atoms with Crippen molar-refractivity contribution < 1.29 is 4.39 Å². The van der Waals surface area contributed by atoms with Crippen molar-refractivity contribution in [2.24, 2.45) is 5.84 Å². The summed E-state index contributed by atoms with van der Waals surface area (Å²) in [6.45, 7) is 2.64. The topological polar surface area (TPSA) is 75.9 Å². The molecule has 0 aliphatic rings. The van der Waals surface area contributed by atoms with Gasteiger partial charge in [-0.2, -0.15) is 0 Å². The molecule has 0 aliphatic carbocycles. The van der Waals surface area contributed by atoms with Crippen LogP contribution in [0.3, 0.4) is 0 Å². The largest absolute Gasteiger partial charge is 0.370 e. The summed E-state index contributed by atoms with van der Waals surface area (Å²) >= 11 is 0. The zero-order valence-electron chi connectivity index (χ0n) is 11.4. The first-order valence-electron chi connectivity index (χ1n) is 6.54. The van der Waals surface area contributed by atoms with E-state index in [0.717, 1.165) is 12.0 Å². The molecule has 20 heavy (non-hydrogen) atoms. The molecule has 0 amide bonds. The first-order chi connectivity index (χ1) is 9.71. The van der Waals surface area contributed by atoms with Gasteiger partial charge < -0.3 is 10.7 Å². The van der Waals surface area contributed by atoms with Gasteiger partial charge in [0.25, 0.3) is 0 Å². The number of nitrogens with zero attached hydrogens (tertiary/aromatic N) is 2. The number of hydrogen-bond acceptors (Lipinski definition) is 5. The third kappa shape index (κ3) is 3.89. The zero-order valence-corrected chi connectivity index (χ0v) is 11.4. The summed E-state index contributed by atoms with van der Waals surface area (Å²) < 4.78 is 13.1. The van der Waals surface area contributed by atoms with Gasteiger partial charge in [-0.25, -0.2) is 20.2 Å². The van der Waals surface area contributed by atoms with Gasteiger partial charge >= 0.3 is 0 Å². The molecule has 0 unspecified atom stereocenters. The smallest absolute Gasteiger partial charge is 0.145 e. The van der Waals surface area contributed by atoms with Gasteiger partial charge in [0.2, 0.25) is 0 Å². The molecule has 1 heterocycles. The number of hydrogen-bond donors (Lipinski definition) is 3. The maximum Gasteiger partial charge on any atom is 0.145 e. The fourth-order valence-corrected chi connectivity index (χ4v) is 1.85. The van der Waals surface area contributed by atoms with Crippen LogP contribution < -0.4 is 16.6 Å². The molecular weight excluding hydrogens is 257 g/mol. The van der Waals surface area contributed by atoms with E-state index >= 15 is 0 Å². The number of anilines is 2.